The number of nitrogens with zero attached hydrogens (tertiary/aromatic N) is 1. The Morgan fingerprint density at radius 3 is 2.31 bits per heavy atom. The summed E-state index contributed by atoms with van der Waals surface area (Å²) in [5.74, 6) is -0.884. The number of hydrogen-bond acceptors (Lipinski definition) is 6. The number of ether oxygens (including phenoxy) is 1. The molecule has 0 spiro atoms. The van der Waals surface area contributed by atoms with Gasteiger partial charge >= 0.3 is 5.97 Å². The van der Waals surface area contributed by atoms with Gasteiger partial charge in [0.1, 0.15) is 6.04 Å². The molecule has 172 valence electrons. The highest BCUT2D eigenvalue weighted by atomic mass is 35.5. The van der Waals surface area contributed by atoms with Gasteiger partial charge in [-0.15, -0.1) is 0 Å². The molecule has 0 bridgehead atoms. The number of carbonyl (C=O) groups excluding carboxylic acids is 2. The maximum Gasteiger partial charge on any atom is 0.338 e. The quantitative estimate of drug-likeness (QED) is 0.241. The normalized spacial score (nSPS) is 12.1. The second-order valence-electron chi connectivity index (χ2n) is 6.56. The molecule has 0 heterocycles. The summed E-state index contributed by atoms with van der Waals surface area (Å²) in [7, 11) is 0. The molecular formula is C21H21Cl4N3O4. The molecule has 0 aliphatic heterocycles. The molecule has 0 aromatic heterocycles. The lowest BCUT2D eigenvalue weighted by Gasteiger charge is -2.33. The minimum Gasteiger partial charge on any atom is -0.462 e. The third kappa shape index (κ3) is 7.00. The summed E-state index contributed by atoms with van der Waals surface area (Å²) < 4.78 is 2.59. The van der Waals surface area contributed by atoms with Gasteiger partial charge in [0.25, 0.3) is 4.52 Å². The van der Waals surface area contributed by atoms with Crippen LogP contribution in [0.4, 0.5) is 11.4 Å². The monoisotopic (exact) mass is 519 g/mol. The zero-order valence-corrected chi connectivity index (χ0v) is 20.2. The number of amides is 1. The van der Waals surface area contributed by atoms with Crippen LogP contribution in [-0.2, 0) is 9.53 Å². The number of carbonyl (C=O) groups is 2. The summed E-state index contributed by atoms with van der Waals surface area (Å²) in [6, 6.07) is 9.96. The van der Waals surface area contributed by atoms with Gasteiger partial charge in [0.05, 0.1) is 33.6 Å². The molecule has 32 heavy (non-hydrogen) atoms. The van der Waals surface area contributed by atoms with Gasteiger partial charge in [-0.25, -0.2) is 10.2 Å². The lowest BCUT2D eigenvalue weighted by Crippen LogP contribution is -2.50. The van der Waals surface area contributed by atoms with Gasteiger partial charge in [0.15, 0.2) is 0 Å². The van der Waals surface area contributed by atoms with E-state index in [9.17, 15) is 14.7 Å². The number of alkyl halides is 2. The summed E-state index contributed by atoms with van der Waals surface area (Å²) in [5.41, 5.74) is 3.90. The SMILES string of the molecule is C=C(N(NC(C)C(=O)Nc1ccc(C(=O)OCC)cc1)c1ccc(Cl)c(Cl)c1)C(O)(Cl)Cl. The topological polar surface area (TPSA) is 90.9 Å². The molecule has 7 nitrogen and oxygen atoms in total. The summed E-state index contributed by atoms with van der Waals surface area (Å²) in [6.07, 6.45) is 0. The van der Waals surface area contributed by atoms with Crippen molar-refractivity contribution in [1.82, 2.24) is 5.43 Å². The molecule has 0 aliphatic carbocycles. The average molecular weight is 521 g/mol. The highest BCUT2D eigenvalue weighted by Gasteiger charge is 2.31. The first-order valence-corrected chi connectivity index (χ1v) is 10.8. The van der Waals surface area contributed by atoms with E-state index in [1.54, 1.807) is 32.0 Å². The predicted molar refractivity (Wildman–Crippen MR) is 128 cm³/mol. The van der Waals surface area contributed by atoms with Crippen LogP contribution in [-0.4, -0.2) is 34.2 Å². The van der Waals surface area contributed by atoms with Crippen LogP contribution in [0.2, 0.25) is 10.0 Å². The second kappa shape index (κ2) is 11.2. The van der Waals surface area contributed by atoms with Gasteiger partial charge in [-0.2, -0.15) is 0 Å². The van der Waals surface area contributed by atoms with Gasteiger partial charge in [-0.1, -0.05) is 53.0 Å². The van der Waals surface area contributed by atoms with Crippen LogP contribution in [0.1, 0.15) is 24.2 Å². The van der Waals surface area contributed by atoms with E-state index < -0.39 is 22.4 Å². The molecule has 0 radical (unpaired) electrons. The van der Waals surface area contributed by atoms with Crippen molar-refractivity contribution < 1.29 is 19.4 Å². The molecule has 11 heteroatoms. The number of benzene rings is 2. The van der Waals surface area contributed by atoms with Crippen LogP contribution in [0.5, 0.6) is 0 Å². The number of halogens is 4. The van der Waals surface area contributed by atoms with Gasteiger partial charge in [-0.3, -0.25) is 9.80 Å². The van der Waals surface area contributed by atoms with Crippen LogP contribution in [0.25, 0.3) is 0 Å². The summed E-state index contributed by atoms with van der Waals surface area (Å²) in [6.45, 7) is 7.24. The molecule has 2 aromatic rings. The fourth-order valence-electron chi connectivity index (χ4n) is 2.47. The first-order valence-electron chi connectivity index (χ1n) is 9.33. The number of hydrogen-bond donors (Lipinski definition) is 3. The maximum atomic E-state index is 12.7. The van der Waals surface area contributed by atoms with Crippen molar-refractivity contribution in [3.05, 3.63) is 70.3 Å². The summed E-state index contributed by atoms with van der Waals surface area (Å²) in [4.78, 5) is 24.4. The molecule has 0 fully saturated rings. The van der Waals surface area contributed by atoms with Gasteiger partial charge in [0, 0.05) is 5.69 Å². The minimum atomic E-state index is -2.34. The molecule has 1 amide bonds. The van der Waals surface area contributed by atoms with E-state index in [4.69, 9.17) is 51.1 Å². The zero-order valence-electron chi connectivity index (χ0n) is 17.2. The summed E-state index contributed by atoms with van der Waals surface area (Å²) >= 11 is 23.6. The Kier molecular flexibility index (Phi) is 9.21. The van der Waals surface area contributed by atoms with Crippen molar-refractivity contribution in [2.75, 3.05) is 16.9 Å². The number of anilines is 2. The number of esters is 1. The minimum absolute atomic E-state index is 0.169. The molecule has 1 atom stereocenters. The van der Waals surface area contributed by atoms with E-state index in [0.29, 0.717) is 22.0 Å². The third-order valence-corrected chi connectivity index (χ3v) is 5.33. The zero-order chi connectivity index (χ0) is 24.1. The Balaban J connectivity index is 2.17. The average Bonchev–Trinajstić information content (AvgIpc) is 2.73. The smallest absolute Gasteiger partial charge is 0.338 e. The van der Waals surface area contributed by atoms with E-state index in [1.165, 1.54) is 29.3 Å². The van der Waals surface area contributed by atoms with Gasteiger partial charge < -0.3 is 15.2 Å². The number of aliphatic hydroxyl groups is 1. The third-order valence-electron chi connectivity index (χ3n) is 4.16. The Labute approximate surface area is 205 Å². The molecule has 3 N–H and O–H groups in total. The highest BCUT2D eigenvalue weighted by molar-refractivity contribution is 6.49. The Hall–Kier alpha value is -2.00. The van der Waals surface area contributed by atoms with E-state index >= 15 is 0 Å². The van der Waals surface area contributed by atoms with E-state index in [-0.39, 0.29) is 17.3 Å². The lowest BCUT2D eigenvalue weighted by molar-refractivity contribution is -0.117. The fourth-order valence-corrected chi connectivity index (χ4v) is 2.94. The van der Waals surface area contributed by atoms with Crippen LogP contribution >= 0.6 is 46.4 Å². The van der Waals surface area contributed by atoms with Crippen LogP contribution < -0.4 is 15.8 Å². The lowest BCUT2D eigenvalue weighted by atomic mass is 10.2. The largest absolute Gasteiger partial charge is 0.462 e. The molecule has 0 saturated heterocycles. The van der Waals surface area contributed by atoms with Crippen molar-refractivity contribution in [2.45, 2.75) is 24.4 Å². The van der Waals surface area contributed by atoms with E-state index in [2.05, 4.69) is 17.3 Å². The fraction of sp³-hybridized carbons (Fsp3) is 0.238. The molecule has 0 saturated carbocycles. The number of nitrogens with one attached hydrogen (secondary N) is 2. The predicted octanol–water partition coefficient (Wildman–Crippen LogP) is 5.15. The van der Waals surface area contributed by atoms with Crippen molar-refractivity contribution in [3.63, 3.8) is 0 Å². The molecule has 1 unspecified atom stereocenters. The summed E-state index contributed by atoms with van der Waals surface area (Å²) in [5, 5.41) is 14.5. The Morgan fingerprint density at radius 2 is 1.78 bits per heavy atom. The van der Waals surface area contributed by atoms with Crippen LogP contribution in [0.3, 0.4) is 0 Å². The Morgan fingerprint density at radius 1 is 1.16 bits per heavy atom. The molecular weight excluding hydrogens is 500 g/mol. The first-order chi connectivity index (χ1) is 14.9. The van der Waals surface area contributed by atoms with Crippen molar-refractivity contribution in [3.8, 4) is 0 Å². The van der Waals surface area contributed by atoms with Crippen LogP contribution in [0.15, 0.2) is 54.7 Å². The van der Waals surface area contributed by atoms with Crippen molar-refractivity contribution in [2.24, 2.45) is 0 Å². The standard InChI is InChI=1S/C21H21Cl4N3O4/c1-4-32-20(30)14-5-7-15(8-6-14)26-19(29)12(2)27-28(13(3)21(24,25)31)16-9-10-17(22)18(23)11-16/h5-12,27,31H,3-4H2,1-2H3,(H,26,29). The van der Waals surface area contributed by atoms with Crippen LogP contribution in [0, 0.1) is 0 Å². The van der Waals surface area contributed by atoms with E-state index in [0.717, 1.165) is 0 Å². The van der Waals surface area contributed by atoms with E-state index in [1.807, 2.05) is 0 Å². The molecule has 0 aliphatic rings. The first kappa shape index (κ1) is 26.3. The van der Waals surface area contributed by atoms with Gasteiger partial charge in [0.2, 0.25) is 5.91 Å². The number of rotatable bonds is 9. The second-order valence-corrected chi connectivity index (χ2v) is 8.66. The highest BCUT2D eigenvalue weighted by Crippen LogP contribution is 2.33. The maximum absolute atomic E-state index is 12.7. The number of hydrazine groups is 1. The van der Waals surface area contributed by atoms with Crippen molar-refractivity contribution >= 4 is 69.7 Å². The molecule has 2 rings (SSSR count). The van der Waals surface area contributed by atoms with Crippen molar-refractivity contribution in [1.29, 1.82) is 0 Å². The molecule has 2 aromatic carbocycles. The van der Waals surface area contributed by atoms with Gasteiger partial charge in [-0.05, 0) is 56.3 Å². The Bertz CT molecular complexity index is 994.